The molecule has 2 unspecified atom stereocenters. The lowest BCUT2D eigenvalue weighted by Gasteiger charge is -2.22. The molecule has 0 spiro atoms. The van der Waals surface area contributed by atoms with Crippen molar-refractivity contribution in [2.75, 3.05) is 26.4 Å². The monoisotopic (exact) mass is 1010 g/mol. The Balaban J connectivity index is 1.00. The van der Waals surface area contributed by atoms with E-state index in [1.807, 2.05) is 60.9 Å². The Hall–Kier alpha value is -6.82. The van der Waals surface area contributed by atoms with Gasteiger partial charge in [-0.3, -0.25) is 9.97 Å². The minimum absolute atomic E-state index is 0.188. The van der Waals surface area contributed by atoms with Crippen LogP contribution in [-0.4, -0.2) is 49.0 Å². The van der Waals surface area contributed by atoms with Crippen LogP contribution in [0.5, 0.6) is 0 Å². The number of hydrogen-bond acceptors (Lipinski definition) is 8. The summed E-state index contributed by atoms with van der Waals surface area (Å²) in [7, 11) is 0. The van der Waals surface area contributed by atoms with Crippen molar-refractivity contribution in [3.8, 4) is 82.0 Å². The number of terminal acetylenes is 2. The Morgan fingerprint density at radius 3 is 1.22 bits per heavy atom. The molecule has 8 heteroatoms. The lowest BCUT2D eigenvalue weighted by molar-refractivity contribution is -0.169. The van der Waals surface area contributed by atoms with Crippen molar-refractivity contribution in [1.29, 1.82) is 0 Å². The van der Waals surface area contributed by atoms with Crippen LogP contribution in [0.15, 0.2) is 109 Å². The quantitative estimate of drug-likeness (QED) is 0.0464. The minimum Gasteiger partial charge on any atom is -0.377 e. The second-order valence-corrected chi connectivity index (χ2v) is 19.8. The molecular formula is C68H72N2O6. The summed E-state index contributed by atoms with van der Waals surface area (Å²) in [4.78, 5) is 9.86. The molecule has 2 fully saturated rings. The van der Waals surface area contributed by atoms with Gasteiger partial charge in [0.2, 0.25) is 0 Å². The van der Waals surface area contributed by atoms with Crippen LogP contribution in [-0.2, 0) is 54.8 Å². The van der Waals surface area contributed by atoms with Crippen LogP contribution in [0.25, 0.3) is 33.6 Å². The van der Waals surface area contributed by atoms with Crippen LogP contribution < -0.4 is 0 Å². The average molecular weight is 1010 g/mol. The maximum absolute atomic E-state index is 6.18. The normalized spacial score (nSPS) is 15.2. The molecule has 2 aliphatic rings. The predicted molar refractivity (Wildman–Crippen MR) is 303 cm³/mol. The first-order chi connectivity index (χ1) is 37.4. The summed E-state index contributed by atoms with van der Waals surface area (Å²) in [6, 6.07) is 32.9. The van der Waals surface area contributed by atoms with Gasteiger partial charge < -0.3 is 28.4 Å². The Morgan fingerprint density at radius 2 is 0.855 bits per heavy atom. The van der Waals surface area contributed by atoms with Gasteiger partial charge in [-0.15, -0.1) is 12.8 Å². The highest BCUT2D eigenvalue weighted by molar-refractivity contribution is 5.71. The lowest BCUT2D eigenvalue weighted by atomic mass is 9.99. The Morgan fingerprint density at radius 1 is 0.447 bits per heavy atom. The van der Waals surface area contributed by atoms with Gasteiger partial charge in [0.1, 0.15) is 0 Å². The molecule has 4 heterocycles. The Labute approximate surface area is 452 Å². The molecule has 2 aromatic heterocycles. The number of hydrogen-bond donors (Lipinski definition) is 0. The number of rotatable bonds is 23. The second-order valence-electron chi connectivity index (χ2n) is 19.8. The zero-order chi connectivity index (χ0) is 52.6. The largest absolute Gasteiger partial charge is 0.377 e. The van der Waals surface area contributed by atoms with E-state index in [9.17, 15) is 0 Å². The summed E-state index contributed by atoms with van der Waals surface area (Å²) in [5, 5.41) is 0. The first-order valence-electron chi connectivity index (χ1n) is 27.5. The molecule has 0 amide bonds. The van der Waals surface area contributed by atoms with Gasteiger partial charge in [-0.2, -0.15) is 0 Å². The fourth-order valence-corrected chi connectivity index (χ4v) is 9.32. The summed E-state index contributed by atoms with van der Waals surface area (Å²) < 4.78 is 36.1. The number of nitrogens with zero attached hydrogens (tertiary/aromatic N) is 2. The molecule has 2 atom stereocenters. The van der Waals surface area contributed by atoms with Crippen LogP contribution in [0.1, 0.15) is 159 Å². The fourth-order valence-electron chi connectivity index (χ4n) is 9.32. The van der Waals surface area contributed by atoms with Gasteiger partial charge in [0.25, 0.3) is 0 Å². The van der Waals surface area contributed by atoms with Crippen molar-refractivity contribution in [2.45, 2.75) is 143 Å². The molecule has 0 aliphatic carbocycles. The van der Waals surface area contributed by atoms with Gasteiger partial charge in [0, 0.05) is 83.3 Å². The molecule has 390 valence electrons. The molecule has 8 rings (SSSR count). The number of benzene rings is 4. The van der Waals surface area contributed by atoms with Crippen molar-refractivity contribution >= 4 is 0 Å². The zero-order valence-corrected chi connectivity index (χ0v) is 44.6. The second kappa shape index (κ2) is 30.1. The van der Waals surface area contributed by atoms with E-state index in [0.717, 1.165) is 167 Å². The van der Waals surface area contributed by atoms with E-state index in [0.29, 0.717) is 39.6 Å². The van der Waals surface area contributed by atoms with Crippen LogP contribution in [0, 0.1) is 48.4 Å². The molecule has 0 bridgehead atoms. The molecule has 76 heavy (non-hydrogen) atoms. The summed E-state index contributed by atoms with van der Waals surface area (Å²) in [5.41, 5.74) is 14.5. The highest BCUT2D eigenvalue weighted by Crippen LogP contribution is 2.28. The third-order valence-electron chi connectivity index (χ3n) is 13.4. The molecule has 0 N–H and O–H groups in total. The average Bonchev–Trinajstić information content (AvgIpc) is 3.47. The molecule has 0 saturated carbocycles. The maximum atomic E-state index is 6.18. The summed E-state index contributed by atoms with van der Waals surface area (Å²) in [6.07, 6.45) is 30.6. The van der Waals surface area contributed by atoms with Gasteiger partial charge in [-0.25, -0.2) is 0 Å². The number of unbranched alkanes of at least 4 members (excludes halogenated alkanes) is 6. The van der Waals surface area contributed by atoms with Gasteiger partial charge >= 0.3 is 0 Å². The molecule has 6 aromatic rings. The van der Waals surface area contributed by atoms with Crippen molar-refractivity contribution < 1.29 is 28.4 Å². The van der Waals surface area contributed by atoms with E-state index in [1.54, 1.807) is 0 Å². The fraction of sp³-hybridized carbons (Fsp3) is 0.382. The van der Waals surface area contributed by atoms with Crippen molar-refractivity contribution in [2.24, 2.45) is 0 Å². The van der Waals surface area contributed by atoms with Crippen LogP contribution in [0.4, 0.5) is 0 Å². The standard InChI is InChI=1S/C68H72N2O6/c1-5-9-11-15-29-71-47-59-39-55(23-21-53-33-51(7-3)35-57(37-53)49-75-67-19-13-17-31-73-67)41-63(43-59)61-25-27-65(69-45-61)66-28-26-62(46-70-66)64-42-56(40-60(44-64)48-72-30-16-12-10-6-2)24-22-54-34-52(8-4)36-58(38-54)50-76-68-20-14-18-32-74-68/h3-4,25-28,33-46,67-68H,5-6,9-20,29-32,47-50H2,1-2H3. The first-order valence-corrected chi connectivity index (χ1v) is 27.5. The van der Waals surface area contributed by atoms with Gasteiger partial charge in [0.05, 0.1) is 37.8 Å². The molecule has 2 saturated heterocycles. The Kier molecular flexibility index (Phi) is 21.9. The zero-order valence-electron chi connectivity index (χ0n) is 44.6. The molecule has 2 aliphatic heterocycles. The highest BCUT2D eigenvalue weighted by atomic mass is 16.7. The van der Waals surface area contributed by atoms with E-state index in [4.69, 9.17) is 51.2 Å². The van der Waals surface area contributed by atoms with Gasteiger partial charge in [-0.1, -0.05) is 100 Å². The van der Waals surface area contributed by atoms with Crippen molar-refractivity contribution in [1.82, 2.24) is 9.97 Å². The molecule has 8 nitrogen and oxygen atoms in total. The maximum Gasteiger partial charge on any atom is 0.158 e. The smallest absolute Gasteiger partial charge is 0.158 e. The summed E-state index contributed by atoms with van der Waals surface area (Å²) in [6.45, 7) is 9.14. The first kappa shape index (κ1) is 55.4. The summed E-state index contributed by atoms with van der Waals surface area (Å²) in [5.74, 6) is 19.2. The minimum atomic E-state index is -0.188. The van der Waals surface area contributed by atoms with Crippen LogP contribution in [0.3, 0.4) is 0 Å². The van der Waals surface area contributed by atoms with Crippen molar-refractivity contribution in [3.63, 3.8) is 0 Å². The van der Waals surface area contributed by atoms with Crippen molar-refractivity contribution in [3.05, 3.63) is 165 Å². The highest BCUT2D eigenvalue weighted by Gasteiger charge is 2.16. The SMILES string of the molecule is C#Cc1cc(C#Cc2cc(COCCCCCC)cc(-c3ccc(-c4ccc(-c5cc(C#Cc6cc(C#C)cc(COC7CCCCO7)c6)cc(COCCCCCC)c5)cn4)nc3)c2)cc(COC2CCCCO2)c1. The predicted octanol–water partition coefficient (Wildman–Crippen LogP) is 14.5. The van der Waals surface area contributed by atoms with Gasteiger partial charge in [-0.05, 0) is 170 Å². The third-order valence-corrected chi connectivity index (χ3v) is 13.4. The van der Waals surface area contributed by atoms with E-state index < -0.39 is 0 Å². The molecule has 4 aromatic carbocycles. The van der Waals surface area contributed by atoms with Crippen LogP contribution >= 0.6 is 0 Å². The Bertz CT molecular complexity index is 2820. The number of aromatic nitrogens is 2. The van der Waals surface area contributed by atoms with Crippen LogP contribution in [0.2, 0.25) is 0 Å². The topological polar surface area (TPSA) is 81.2 Å². The molecule has 0 radical (unpaired) electrons. The number of pyridine rings is 2. The number of ether oxygens (including phenoxy) is 6. The summed E-state index contributed by atoms with van der Waals surface area (Å²) >= 11 is 0. The van der Waals surface area contributed by atoms with E-state index in [2.05, 4.69) is 97.9 Å². The van der Waals surface area contributed by atoms with E-state index in [1.165, 1.54) is 25.7 Å². The van der Waals surface area contributed by atoms with E-state index >= 15 is 0 Å². The lowest BCUT2D eigenvalue weighted by Crippen LogP contribution is -2.22. The van der Waals surface area contributed by atoms with Gasteiger partial charge in [0.15, 0.2) is 12.6 Å². The molecular weight excluding hydrogens is 941 g/mol. The van der Waals surface area contributed by atoms with E-state index in [-0.39, 0.29) is 12.6 Å². The third kappa shape index (κ3) is 17.6.